The molecule has 0 fully saturated rings. The van der Waals surface area contributed by atoms with Gasteiger partial charge in [-0.25, -0.2) is 0 Å². The number of hydrogen-bond donors (Lipinski definition) is 0. The van der Waals surface area contributed by atoms with Crippen molar-refractivity contribution >= 4 is 18.4 Å². The third-order valence-corrected chi connectivity index (χ3v) is 2.86. The van der Waals surface area contributed by atoms with Gasteiger partial charge in [0.25, 0.3) is 0 Å². The third kappa shape index (κ3) is 10.6. The van der Waals surface area contributed by atoms with Gasteiger partial charge in [0.05, 0.1) is 6.61 Å². The monoisotopic (exact) mass is 265 g/mol. The molecule has 1 atom stereocenters. The summed E-state index contributed by atoms with van der Waals surface area (Å²) in [6.07, 6.45) is 7.32. The molecule has 104 valence electrons. The van der Waals surface area contributed by atoms with E-state index in [1.165, 1.54) is 32.1 Å². The number of likely N-dealkylation sites (N-methyl/N-ethyl adjacent to an activating group) is 1. The minimum absolute atomic E-state index is 0. The first-order valence-corrected chi connectivity index (χ1v) is 6.42. The van der Waals surface area contributed by atoms with Gasteiger partial charge in [-0.05, 0) is 27.4 Å². The lowest BCUT2D eigenvalue weighted by atomic mass is 10.1. The highest BCUT2D eigenvalue weighted by molar-refractivity contribution is 5.85. The minimum Gasteiger partial charge on any atom is -0.465 e. The Morgan fingerprint density at radius 1 is 1.12 bits per heavy atom. The van der Waals surface area contributed by atoms with Crippen molar-refractivity contribution in [3.05, 3.63) is 0 Å². The number of carbonyl (C=O) groups excluding carboxylic acids is 1. The molecule has 1 unspecified atom stereocenters. The van der Waals surface area contributed by atoms with Crippen molar-refractivity contribution in [2.75, 3.05) is 20.7 Å². The molecule has 0 saturated heterocycles. The second kappa shape index (κ2) is 12.2. The lowest BCUT2D eigenvalue weighted by molar-refractivity contribution is -0.148. The topological polar surface area (TPSA) is 29.5 Å². The Balaban J connectivity index is 0. The van der Waals surface area contributed by atoms with Crippen molar-refractivity contribution < 1.29 is 9.53 Å². The summed E-state index contributed by atoms with van der Waals surface area (Å²) in [5.74, 6) is -0.112. The molecule has 17 heavy (non-hydrogen) atoms. The van der Waals surface area contributed by atoms with Crippen molar-refractivity contribution in [2.24, 2.45) is 0 Å². The Kier molecular flexibility index (Phi) is 13.7. The third-order valence-electron chi connectivity index (χ3n) is 2.86. The van der Waals surface area contributed by atoms with E-state index < -0.39 is 0 Å². The molecule has 0 aromatic carbocycles. The van der Waals surface area contributed by atoms with Crippen molar-refractivity contribution in [1.29, 1.82) is 0 Å². The molecule has 0 radical (unpaired) electrons. The summed E-state index contributed by atoms with van der Waals surface area (Å²) in [7, 11) is 3.77. The summed E-state index contributed by atoms with van der Waals surface area (Å²) in [6, 6.07) is -0.139. The Morgan fingerprint density at radius 3 is 2.18 bits per heavy atom. The maximum atomic E-state index is 11.5. The van der Waals surface area contributed by atoms with Crippen LogP contribution in [0.2, 0.25) is 0 Å². The van der Waals surface area contributed by atoms with Crippen molar-refractivity contribution in [2.45, 2.75) is 58.4 Å². The molecule has 4 heteroatoms. The predicted molar refractivity (Wildman–Crippen MR) is 74.7 cm³/mol. The zero-order valence-electron chi connectivity index (χ0n) is 11.7. The zero-order chi connectivity index (χ0) is 12.4. The van der Waals surface area contributed by atoms with Gasteiger partial charge in [-0.15, -0.1) is 12.4 Å². The van der Waals surface area contributed by atoms with Gasteiger partial charge in [0.1, 0.15) is 6.04 Å². The maximum Gasteiger partial charge on any atom is 0.323 e. The van der Waals surface area contributed by atoms with E-state index in [-0.39, 0.29) is 24.4 Å². The van der Waals surface area contributed by atoms with Gasteiger partial charge in [-0.3, -0.25) is 9.69 Å². The van der Waals surface area contributed by atoms with E-state index in [1.807, 2.05) is 25.9 Å². The molecule has 0 aliphatic heterocycles. The lowest BCUT2D eigenvalue weighted by Crippen LogP contribution is -2.34. The van der Waals surface area contributed by atoms with Crippen LogP contribution in [-0.4, -0.2) is 37.6 Å². The molecule has 0 spiro atoms. The Hall–Kier alpha value is -0.280. The van der Waals surface area contributed by atoms with Crippen LogP contribution in [0.25, 0.3) is 0 Å². The average Bonchev–Trinajstić information content (AvgIpc) is 2.26. The number of carbonyl (C=O) groups is 1. The number of unbranched alkanes of at least 4 members (excludes halogenated alkanes) is 5. The number of halogens is 1. The van der Waals surface area contributed by atoms with Crippen LogP contribution in [0.3, 0.4) is 0 Å². The molecule has 0 aromatic heterocycles. The fourth-order valence-electron chi connectivity index (χ4n) is 1.39. The fraction of sp³-hybridized carbons (Fsp3) is 0.923. The van der Waals surface area contributed by atoms with Gasteiger partial charge in [-0.2, -0.15) is 0 Å². The molecule has 0 aromatic rings. The van der Waals surface area contributed by atoms with E-state index in [9.17, 15) is 4.79 Å². The van der Waals surface area contributed by atoms with E-state index in [4.69, 9.17) is 4.74 Å². The molecule has 0 aliphatic rings. The Bertz CT molecular complexity index is 186. The van der Waals surface area contributed by atoms with Crippen LogP contribution in [0.4, 0.5) is 0 Å². The van der Waals surface area contributed by atoms with E-state index in [1.54, 1.807) is 0 Å². The van der Waals surface area contributed by atoms with Gasteiger partial charge in [-0.1, -0.05) is 39.0 Å². The first kappa shape index (κ1) is 19.1. The fourth-order valence-corrected chi connectivity index (χ4v) is 1.39. The Morgan fingerprint density at radius 2 is 1.65 bits per heavy atom. The molecule has 0 aliphatic carbocycles. The molecular weight excluding hydrogens is 238 g/mol. The van der Waals surface area contributed by atoms with E-state index in [0.29, 0.717) is 6.61 Å². The standard InChI is InChI=1S/C13H27NO2.ClH/c1-5-6-7-8-9-10-11-16-13(15)12(2)14(3)4;/h12H,5-11H2,1-4H3;1H. The summed E-state index contributed by atoms with van der Waals surface area (Å²) in [5, 5.41) is 0. The smallest absolute Gasteiger partial charge is 0.323 e. The van der Waals surface area contributed by atoms with Crippen molar-refractivity contribution in [1.82, 2.24) is 4.90 Å². The van der Waals surface area contributed by atoms with E-state index in [2.05, 4.69) is 6.92 Å². The van der Waals surface area contributed by atoms with Gasteiger partial charge in [0.2, 0.25) is 0 Å². The van der Waals surface area contributed by atoms with Crippen LogP contribution in [-0.2, 0) is 9.53 Å². The zero-order valence-corrected chi connectivity index (χ0v) is 12.5. The normalized spacial score (nSPS) is 12.1. The highest BCUT2D eigenvalue weighted by atomic mass is 35.5. The first-order chi connectivity index (χ1) is 7.59. The van der Waals surface area contributed by atoms with Crippen LogP contribution >= 0.6 is 12.4 Å². The molecule has 0 heterocycles. The summed E-state index contributed by atoms with van der Waals surface area (Å²) in [6.45, 7) is 4.65. The quantitative estimate of drug-likeness (QED) is 0.473. The van der Waals surface area contributed by atoms with Crippen LogP contribution in [0.5, 0.6) is 0 Å². The van der Waals surface area contributed by atoms with Gasteiger partial charge < -0.3 is 4.74 Å². The molecule has 3 nitrogen and oxygen atoms in total. The molecule has 0 rings (SSSR count). The highest BCUT2D eigenvalue weighted by Crippen LogP contribution is 2.05. The van der Waals surface area contributed by atoms with Crippen molar-refractivity contribution in [3.8, 4) is 0 Å². The first-order valence-electron chi connectivity index (χ1n) is 6.42. The summed E-state index contributed by atoms with van der Waals surface area (Å²) >= 11 is 0. The number of hydrogen-bond acceptors (Lipinski definition) is 3. The highest BCUT2D eigenvalue weighted by Gasteiger charge is 2.15. The van der Waals surface area contributed by atoms with Gasteiger partial charge in [0, 0.05) is 0 Å². The van der Waals surface area contributed by atoms with E-state index >= 15 is 0 Å². The summed E-state index contributed by atoms with van der Waals surface area (Å²) < 4.78 is 5.19. The van der Waals surface area contributed by atoms with Crippen LogP contribution < -0.4 is 0 Å². The van der Waals surface area contributed by atoms with Crippen molar-refractivity contribution in [3.63, 3.8) is 0 Å². The largest absolute Gasteiger partial charge is 0.465 e. The average molecular weight is 266 g/mol. The Labute approximate surface area is 112 Å². The number of ether oxygens (including phenoxy) is 1. The number of nitrogens with zero attached hydrogens (tertiary/aromatic N) is 1. The van der Waals surface area contributed by atoms with E-state index in [0.717, 1.165) is 6.42 Å². The summed E-state index contributed by atoms with van der Waals surface area (Å²) in [4.78, 5) is 13.3. The minimum atomic E-state index is -0.139. The molecule has 0 bridgehead atoms. The molecule has 0 N–H and O–H groups in total. The van der Waals surface area contributed by atoms with Crippen LogP contribution in [0.1, 0.15) is 52.4 Å². The second-order valence-electron chi connectivity index (χ2n) is 4.57. The number of rotatable bonds is 9. The van der Waals surface area contributed by atoms with Gasteiger partial charge >= 0.3 is 5.97 Å². The molecule has 0 amide bonds. The van der Waals surface area contributed by atoms with Crippen LogP contribution in [0, 0.1) is 0 Å². The number of esters is 1. The van der Waals surface area contributed by atoms with Gasteiger partial charge in [0.15, 0.2) is 0 Å². The predicted octanol–water partition coefficient (Wildman–Crippen LogP) is 3.26. The lowest BCUT2D eigenvalue weighted by Gasteiger charge is -2.17. The maximum absolute atomic E-state index is 11.5. The molecular formula is C13H28ClNO2. The molecule has 0 saturated carbocycles. The SMILES string of the molecule is CCCCCCCCOC(=O)C(C)N(C)C.Cl. The van der Waals surface area contributed by atoms with Crippen LogP contribution in [0.15, 0.2) is 0 Å². The second-order valence-corrected chi connectivity index (χ2v) is 4.57. The summed E-state index contributed by atoms with van der Waals surface area (Å²) in [5.41, 5.74) is 0.